The van der Waals surface area contributed by atoms with Gasteiger partial charge in [-0.15, -0.1) is 0 Å². The first-order valence-electron chi connectivity index (χ1n) is 7.22. The third kappa shape index (κ3) is 4.43. The Morgan fingerprint density at radius 1 is 1.52 bits per heavy atom. The second-order valence-electron chi connectivity index (χ2n) is 4.47. The normalized spacial score (nSPS) is 13.0. The van der Waals surface area contributed by atoms with Crippen LogP contribution in [-0.4, -0.2) is 29.3 Å². The molecular formula is C15H22ClN3O2. The zero-order chi connectivity index (χ0) is 16.0. The molecule has 1 aromatic rings. The molecule has 0 atom stereocenters. The summed E-state index contributed by atoms with van der Waals surface area (Å²) < 4.78 is 4.92. The largest absolute Gasteiger partial charge is 0.462 e. The van der Waals surface area contributed by atoms with Gasteiger partial charge in [-0.2, -0.15) is 0 Å². The highest BCUT2D eigenvalue weighted by Crippen LogP contribution is 2.31. The molecule has 0 saturated heterocycles. The van der Waals surface area contributed by atoms with Gasteiger partial charge in [0.25, 0.3) is 0 Å². The zero-order valence-electron chi connectivity index (χ0n) is 12.9. The number of ether oxygens (including phenoxy) is 1. The smallest absolute Gasteiger partial charge is 0.341 e. The van der Waals surface area contributed by atoms with E-state index in [1.807, 2.05) is 13.8 Å². The number of hydrogen-bond donors (Lipinski definition) is 2. The summed E-state index contributed by atoms with van der Waals surface area (Å²) in [7, 11) is 0. The fourth-order valence-corrected chi connectivity index (χ4v) is 2.07. The van der Waals surface area contributed by atoms with Gasteiger partial charge in [0.15, 0.2) is 0 Å². The average Bonchev–Trinajstić information content (AvgIpc) is 3.25. The maximum absolute atomic E-state index is 11.7. The predicted molar refractivity (Wildman–Crippen MR) is 85.7 cm³/mol. The third-order valence-electron chi connectivity index (χ3n) is 2.80. The third-order valence-corrected chi connectivity index (χ3v) is 3.20. The molecule has 2 rings (SSSR count). The van der Waals surface area contributed by atoms with E-state index in [0.29, 0.717) is 17.4 Å². The van der Waals surface area contributed by atoms with Crippen LogP contribution < -0.4 is 5.32 Å². The van der Waals surface area contributed by atoms with Gasteiger partial charge in [0.05, 0.1) is 22.8 Å². The number of aromatic nitrogens is 1. The lowest BCUT2D eigenvalue weighted by atomic mass is 10.1. The summed E-state index contributed by atoms with van der Waals surface area (Å²) in [6, 6.07) is 0.398. The quantitative estimate of drug-likeness (QED) is 0.639. The van der Waals surface area contributed by atoms with Crippen LogP contribution in [0.25, 0.3) is 0 Å². The molecule has 116 valence electrons. The highest BCUT2D eigenvalue weighted by molar-refractivity contribution is 6.37. The molecule has 1 aliphatic rings. The van der Waals surface area contributed by atoms with Crippen LogP contribution in [0.15, 0.2) is 6.20 Å². The van der Waals surface area contributed by atoms with Gasteiger partial charge < -0.3 is 15.5 Å². The molecule has 0 unspecified atom stereocenters. The van der Waals surface area contributed by atoms with Crippen LogP contribution in [0.5, 0.6) is 0 Å². The minimum absolute atomic E-state index is 0.200. The summed E-state index contributed by atoms with van der Waals surface area (Å²) in [6.45, 7) is 7.62. The van der Waals surface area contributed by atoms with Crippen molar-refractivity contribution in [2.45, 2.75) is 46.6 Å². The first-order valence-corrected chi connectivity index (χ1v) is 7.60. The van der Waals surface area contributed by atoms with E-state index in [4.69, 9.17) is 21.7 Å². The van der Waals surface area contributed by atoms with Crippen molar-refractivity contribution in [1.29, 1.82) is 5.41 Å². The Hall–Kier alpha value is -1.62. The number of nitrogens with one attached hydrogen (secondary N) is 2. The van der Waals surface area contributed by atoms with E-state index in [0.717, 1.165) is 12.8 Å². The van der Waals surface area contributed by atoms with Gasteiger partial charge in [-0.05, 0) is 26.7 Å². The highest BCUT2D eigenvalue weighted by atomic mass is 35.5. The van der Waals surface area contributed by atoms with E-state index in [2.05, 4.69) is 10.3 Å². The molecule has 6 heteroatoms. The molecule has 0 aliphatic heterocycles. The molecule has 1 aliphatic carbocycles. The van der Waals surface area contributed by atoms with Crippen LogP contribution in [0.3, 0.4) is 0 Å². The number of nitrogens with zero attached hydrogens (tertiary/aromatic N) is 1. The molecule has 21 heavy (non-hydrogen) atoms. The van der Waals surface area contributed by atoms with Crippen molar-refractivity contribution in [3.63, 3.8) is 0 Å². The highest BCUT2D eigenvalue weighted by Gasteiger charge is 2.26. The molecule has 5 nitrogen and oxygen atoms in total. The number of anilines is 1. The molecule has 1 heterocycles. The van der Waals surface area contributed by atoms with Gasteiger partial charge >= 0.3 is 5.97 Å². The Balaban J connectivity index is 0.00000106. The Kier molecular flexibility index (Phi) is 6.62. The topological polar surface area (TPSA) is 75.1 Å². The van der Waals surface area contributed by atoms with E-state index in [1.165, 1.54) is 6.20 Å². The molecule has 1 saturated carbocycles. The minimum atomic E-state index is -0.513. The van der Waals surface area contributed by atoms with Crippen LogP contribution in [0.4, 0.5) is 5.82 Å². The minimum Gasteiger partial charge on any atom is -0.462 e. The van der Waals surface area contributed by atoms with Crippen molar-refractivity contribution in [1.82, 2.24) is 4.98 Å². The van der Waals surface area contributed by atoms with Gasteiger partial charge in [-0.25, -0.2) is 9.78 Å². The SMILES string of the molecule is CC.CCOC(=O)c1cnc(NC2CC2)c(C(C)=N)c1Cl. The second-order valence-corrected chi connectivity index (χ2v) is 4.85. The number of carbonyl (C=O) groups is 1. The predicted octanol–water partition coefficient (Wildman–Crippen LogP) is 3.90. The van der Waals surface area contributed by atoms with E-state index in [1.54, 1.807) is 13.8 Å². The van der Waals surface area contributed by atoms with E-state index >= 15 is 0 Å². The van der Waals surface area contributed by atoms with Crippen molar-refractivity contribution in [2.24, 2.45) is 0 Å². The number of rotatable bonds is 5. The number of hydrogen-bond acceptors (Lipinski definition) is 5. The molecule has 0 radical (unpaired) electrons. The summed E-state index contributed by atoms with van der Waals surface area (Å²) in [5.41, 5.74) is 0.942. The van der Waals surface area contributed by atoms with E-state index in [-0.39, 0.29) is 22.9 Å². The van der Waals surface area contributed by atoms with Gasteiger partial charge in [0, 0.05) is 18.0 Å². The summed E-state index contributed by atoms with van der Waals surface area (Å²) in [4.78, 5) is 16.0. The first-order chi connectivity index (χ1) is 10.0. The lowest BCUT2D eigenvalue weighted by Crippen LogP contribution is -2.13. The molecule has 0 spiro atoms. The van der Waals surface area contributed by atoms with Crippen molar-refractivity contribution in [3.8, 4) is 0 Å². The standard InChI is InChI=1S/C13H16ClN3O2.C2H6/c1-3-19-13(18)9-6-16-12(17-8-4-5-8)10(7(2)15)11(9)14;1-2/h6,8,15H,3-5H2,1-2H3,(H,16,17);1-2H3. The lowest BCUT2D eigenvalue weighted by Gasteiger charge is -2.13. The Labute approximate surface area is 130 Å². The summed E-state index contributed by atoms with van der Waals surface area (Å²) >= 11 is 6.22. The van der Waals surface area contributed by atoms with Gasteiger partial charge in [-0.3, -0.25) is 0 Å². The van der Waals surface area contributed by atoms with Crippen molar-refractivity contribution < 1.29 is 9.53 Å². The van der Waals surface area contributed by atoms with Crippen molar-refractivity contribution >= 4 is 29.1 Å². The first kappa shape index (κ1) is 17.4. The number of carbonyl (C=O) groups excluding carboxylic acids is 1. The fourth-order valence-electron chi connectivity index (χ4n) is 1.71. The maximum Gasteiger partial charge on any atom is 0.341 e. The van der Waals surface area contributed by atoms with E-state index < -0.39 is 5.97 Å². The molecule has 0 bridgehead atoms. The lowest BCUT2D eigenvalue weighted by molar-refractivity contribution is 0.0526. The monoisotopic (exact) mass is 311 g/mol. The number of pyridine rings is 1. The fraction of sp³-hybridized carbons (Fsp3) is 0.533. The summed E-state index contributed by atoms with van der Waals surface area (Å²) in [6.07, 6.45) is 3.59. The van der Waals surface area contributed by atoms with E-state index in [9.17, 15) is 4.79 Å². The molecule has 1 fully saturated rings. The Morgan fingerprint density at radius 2 is 2.14 bits per heavy atom. The summed E-state index contributed by atoms with van der Waals surface area (Å²) in [5, 5.41) is 11.2. The van der Waals surface area contributed by atoms with Gasteiger partial charge in [-0.1, -0.05) is 25.4 Å². The Bertz CT molecular complexity index is 528. The zero-order valence-corrected chi connectivity index (χ0v) is 13.7. The van der Waals surface area contributed by atoms with Gasteiger partial charge in [0.2, 0.25) is 0 Å². The second kappa shape index (κ2) is 7.98. The van der Waals surface area contributed by atoms with Crippen LogP contribution in [-0.2, 0) is 4.74 Å². The van der Waals surface area contributed by atoms with Crippen LogP contribution in [0.2, 0.25) is 5.02 Å². The van der Waals surface area contributed by atoms with Crippen molar-refractivity contribution in [2.75, 3.05) is 11.9 Å². The molecule has 0 aromatic carbocycles. The number of halogens is 1. The maximum atomic E-state index is 11.7. The van der Waals surface area contributed by atoms with Crippen LogP contribution >= 0.6 is 11.6 Å². The molecule has 1 aromatic heterocycles. The molecule has 2 N–H and O–H groups in total. The number of esters is 1. The van der Waals surface area contributed by atoms with Gasteiger partial charge in [0.1, 0.15) is 5.82 Å². The molecule has 0 amide bonds. The average molecular weight is 312 g/mol. The van der Waals surface area contributed by atoms with Crippen LogP contribution in [0, 0.1) is 5.41 Å². The molecular weight excluding hydrogens is 290 g/mol. The summed E-state index contributed by atoms with van der Waals surface area (Å²) in [5.74, 6) is 0.0496. The Morgan fingerprint density at radius 3 is 2.62 bits per heavy atom. The van der Waals surface area contributed by atoms with Crippen LogP contribution in [0.1, 0.15) is 56.5 Å². The van der Waals surface area contributed by atoms with Crippen molar-refractivity contribution in [3.05, 3.63) is 22.3 Å².